The maximum absolute atomic E-state index is 13.3. The summed E-state index contributed by atoms with van der Waals surface area (Å²) in [6.45, 7) is 5.92. The zero-order chi connectivity index (χ0) is 28.4. The highest BCUT2D eigenvalue weighted by molar-refractivity contribution is 7.99. The second-order valence-corrected chi connectivity index (χ2v) is 11.7. The van der Waals surface area contributed by atoms with Gasteiger partial charge in [0.25, 0.3) is 0 Å². The molecule has 0 unspecified atom stereocenters. The summed E-state index contributed by atoms with van der Waals surface area (Å²) >= 11 is 1.54. The standard InChI is InChI=1S/C21H24F3N3S.C12H9N/c1-25-11-13-26(14-12-25)9-4-10-27-17-5-2-3-6-19(17)28-20-8-7-16(15-18(20)27)21(22,23)24;1-3-7-11-9(5-1)10-6-2-4-8-12(10)13-11/h2-3,5-8,15H,4,9-14H2,1H3;1-8,13H. The Bertz CT molecular complexity index is 1590. The van der Waals surface area contributed by atoms with Gasteiger partial charge in [-0.05, 0) is 62.5 Å². The number of likely N-dealkylation sites (N-methyl/N-ethyl adjacent to an activating group) is 1. The van der Waals surface area contributed by atoms with Gasteiger partial charge < -0.3 is 19.7 Å². The molecule has 4 aromatic carbocycles. The maximum Gasteiger partial charge on any atom is 0.416 e. The van der Waals surface area contributed by atoms with E-state index in [9.17, 15) is 13.2 Å². The van der Waals surface area contributed by atoms with Gasteiger partial charge in [0, 0.05) is 64.3 Å². The lowest BCUT2D eigenvalue weighted by Gasteiger charge is -2.35. The van der Waals surface area contributed by atoms with E-state index >= 15 is 0 Å². The van der Waals surface area contributed by atoms with E-state index in [1.807, 2.05) is 24.3 Å². The Morgan fingerprint density at radius 3 is 2.00 bits per heavy atom. The van der Waals surface area contributed by atoms with Crippen LogP contribution in [0.25, 0.3) is 21.8 Å². The zero-order valence-electron chi connectivity index (χ0n) is 23.0. The first-order valence-corrected chi connectivity index (χ1v) is 14.8. The van der Waals surface area contributed by atoms with Gasteiger partial charge >= 0.3 is 6.18 Å². The van der Waals surface area contributed by atoms with Crippen molar-refractivity contribution in [2.75, 3.05) is 51.2 Å². The lowest BCUT2D eigenvalue weighted by Crippen LogP contribution is -2.45. The molecule has 0 bridgehead atoms. The van der Waals surface area contributed by atoms with Gasteiger partial charge in [-0.2, -0.15) is 13.2 Å². The molecule has 1 aromatic heterocycles. The Balaban J connectivity index is 0.000000192. The third-order valence-corrected chi connectivity index (χ3v) is 8.95. The van der Waals surface area contributed by atoms with Crippen molar-refractivity contribution in [2.45, 2.75) is 22.4 Å². The van der Waals surface area contributed by atoms with Crippen molar-refractivity contribution in [1.82, 2.24) is 14.8 Å². The summed E-state index contributed by atoms with van der Waals surface area (Å²) in [5.74, 6) is 0. The topological polar surface area (TPSA) is 25.5 Å². The first kappa shape index (κ1) is 27.7. The Hall–Kier alpha value is -3.46. The minimum absolute atomic E-state index is 0.588. The van der Waals surface area contributed by atoms with Crippen molar-refractivity contribution in [1.29, 1.82) is 0 Å². The molecule has 0 atom stereocenters. The van der Waals surface area contributed by atoms with E-state index in [4.69, 9.17) is 0 Å². The molecule has 8 heteroatoms. The Kier molecular flexibility index (Phi) is 7.97. The third-order valence-electron chi connectivity index (χ3n) is 7.82. The van der Waals surface area contributed by atoms with E-state index in [1.165, 1.54) is 33.9 Å². The summed E-state index contributed by atoms with van der Waals surface area (Å²) in [7, 11) is 2.13. The van der Waals surface area contributed by atoms with Crippen molar-refractivity contribution in [3.05, 3.63) is 96.6 Å². The summed E-state index contributed by atoms with van der Waals surface area (Å²) < 4.78 is 39.8. The van der Waals surface area contributed by atoms with E-state index in [0.29, 0.717) is 12.2 Å². The molecule has 5 aromatic rings. The summed E-state index contributed by atoms with van der Waals surface area (Å²) in [6.07, 6.45) is -3.42. The molecule has 0 radical (unpaired) electrons. The average molecular weight is 575 g/mol. The van der Waals surface area contributed by atoms with Gasteiger partial charge in [-0.3, -0.25) is 0 Å². The molecular formula is C33H33F3N4S. The number of para-hydroxylation sites is 3. The Morgan fingerprint density at radius 1 is 0.707 bits per heavy atom. The molecule has 7 rings (SSSR count). The van der Waals surface area contributed by atoms with Crippen LogP contribution in [0.3, 0.4) is 0 Å². The number of H-pyrrole nitrogens is 1. The maximum atomic E-state index is 13.3. The summed E-state index contributed by atoms with van der Waals surface area (Å²) in [4.78, 5) is 12.2. The van der Waals surface area contributed by atoms with Gasteiger partial charge in [0.1, 0.15) is 0 Å². The number of alkyl halides is 3. The molecule has 41 heavy (non-hydrogen) atoms. The number of fused-ring (bicyclic) bond motifs is 5. The molecule has 3 heterocycles. The monoisotopic (exact) mass is 574 g/mol. The number of hydrogen-bond donors (Lipinski definition) is 1. The lowest BCUT2D eigenvalue weighted by molar-refractivity contribution is -0.137. The van der Waals surface area contributed by atoms with Gasteiger partial charge in [0.2, 0.25) is 0 Å². The van der Waals surface area contributed by atoms with E-state index < -0.39 is 11.7 Å². The van der Waals surface area contributed by atoms with Gasteiger partial charge in [0.05, 0.1) is 16.9 Å². The first-order chi connectivity index (χ1) is 19.9. The fourth-order valence-electron chi connectivity index (χ4n) is 5.57. The molecule has 1 fully saturated rings. The van der Waals surface area contributed by atoms with Gasteiger partial charge in [-0.15, -0.1) is 0 Å². The average Bonchev–Trinajstić information content (AvgIpc) is 3.36. The Labute approximate surface area is 242 Å². The van der Waals surface area contributed by atoms with Gasteiger partial charge in [-0.25, -0.2) is 0 Å². The molecule has 0 amide bonds. The van der Waals surface area contributed by atoms with Crippen LogP contribution >= 0.6 is 11.8 Å². The quantitative estimate of drug-likeness (QED) is 0.234. The molecule has 1 saturated heterocycles. The number of hydrogen-bond acceptors (Lipinski definition) is 4. The van der Waals surface area contributed by atoms with E-state index in [1.54, 1.807) is 17.8 Å². The van der Waals surface area contributed by atoms with Crippen molar-refractivity contribution in [3.63, 3.8) is 0 Å². The summed E-state index contributed by atoms with van der Waals surface area (Å²) in [6, 6.07) is 28.8. The second-order valence-electron chi connectivity index (χ2n) is 10.6. The van der Waals surface area contributed by atoms with Crippen LogP contribution in [0.4, 0.5) is 24.5 Å². The number of aromatic nitrogens is 1. The smallest absolute Gasteiger partial charge is 0.355 e. The van der Waals surface area contributed by atoms with E-state index in [-0.39, 0.29) is 0 Å². The minimum Gasteiger partial charge on any atom is -0.355 e. The van der Waals surface area contributed by atoms with Crippen LogP contribution in [-0.2, 0) is 6.18 Å². The van der Waals surface area contributed by atoms with Crippen LogP contribution in [-0.4, -0.2) is 61.1 Å². The van der Waals surface area contributed by atoms with Crippen LogP contribution in [0.15, 0.2) is 101 Å². The van der Waals surface area contributed by atoms with Crippen molar-refractivity contribution in [3.8, 4) is 0 Å². The molecule has 0 saturated carbocycles. The second kappa shape index (κ2) is 11.8. The number of anilines is 2. The molecule has 2 aliphatic heterocycles. The molecule has 1 N–H and O–H groups in total. The fraction of sp³-hybridized carbons (Fsp3) is 0.273. The highest BCUT2D eigenvalue weighted by Gasteiger charge is 2.33. The van der Waals surface area contributed by atoms with Crippen LogP contribution in [0, 0.1) is 0 Å². The number of aromatic amines is 1. The highest BCUT2D eigenvalue weighted by Crippen LogP contribution is 2.49. The fourth-order valence-corrected chi connectivity index (χ4v) is 6.65. The molecule has 212 valence electrons. The molecule has 4 nitrogen and oxygen atoms in total. The summed E-state index contributed by atoms with van der Waals surface area (Å²) in [5.41, 5.74) is 3.50. The molecular weight excluding hydrogens is 541 g/mol. The molecule has 2 aliphatic rings. The van der Waals surface area contributed by atoms with Gasteiger partial charge in [0.15, 0.2) is 0 Å². The largest absolute Gasteiger partial charge is 0.416 e. The van der Waals surface area contributed by atoms with Crippen LogP contribution in [0.2, 0.25) is 0 Å². The predicted octanol–water partition coefficient (Wildman–Crippen LogP) is 8.27. The zero-order valence-corrected chi connectivity index (χ0v) is 23.8. The number of piperazine rings is 1. The molecule has 0 aliphatic carbocycles. The van der Waals surface area contributed by atoms with Crippen LogP contribution in [0.1, 0.15) is 12.0 Å². The normalized spacial score (nSPS) is 15.9. The third kappa shape index (κ3) is 6.10. The molecule has 0 spiro atoms. The van der Waals surface area contributed by atoms with Crippen molar-refractivity contribution in [2.24, 2.45) is 0 Å². The number of nitrogens with zero attached hydrogens (tertiary/aromatic N) is 3. The van der Waals surface area contributed by atoms with Crippen LogP contribution in [0.5, 0.6) is 0 Å². The summed E-state index contributed by atoms with van der Waals surface area (Å²) in [5, 5.41) is 2.61. The number of benzene rings is 4. The minimum atomic E-state index is -4.33. The lowest BCUT2D eigenvalue weighted by atomic mass is 10.1. The number of nitrogens with one attached hydrogen (secondary N) is 1. The number of rotatable bonds is 4. The van der Waals surface area contributed by atoms with Crippen molar-refractivity contribution >= 4 is 44.9 Å². The van der Waals surface area contributed by atoms with Gasteiger partial charge in [-0.1, -0.05) is 60.3 Å². The predicted molar refractivity (Wildman–Crippen MR) is 163 cm³/mol. The first-order valence-electron chi connectivity index (χ1n) is 14.0. The number of halogens is 3. The van der Waals surface area contributed by atoms with Crippen molar-refractivity contribution < 1.29 is 13.2 Å². The highest BCUT2D eigenvalue weighted by atomic mass is 32.2. The van der Waals surface area contributed by atoms with E-state index in [0.717, 1.165) is 54.6 Å². The SMILES string of the molecule is CN1CCN(CCCN2c3ccccc3Sc3ccc(C(F)(F)F)cc32)CC1.c1ccc2c(c1)[nH]c1ccccc12. The Morgan fingerprint density at radius 2 is 1.32 bits per heavy atom. The van der Waals surface area contributed by atoms with Crippen LogP contribution < -0.4 is 4.90 Å². The van der Waals surface area contributed by atoms with E-state index in [2.05, 4.69) is 75.3 Å².